The van der Waals surface area contributed by atoms with Gasteiger partial charge in [0.1, 0.15) is 11.8 Å². The molecule has 0 bridgehead atoms. The average Bonchev–Trinajstić information content (AvgIpc) is 3.22. The lowest BCUT2D eigenvalue weighted by Gasteiger charge is -2.27. The Morgan fingerprint density at radius 2 is 2.08 bits per heavy atom. The highest BCUT2D eigenvalue weighted by Gasteiger charge is 2.25. The Balaban J connectivity index is 1.53. The highest BCUT2D eigenvalue weighted by molar-refractivity contribution is 6.05. The van der Waals surface area contributed by atoms with Crippen molar-refractivity contribution in [2.75, 3.05) is 6.54 Å². The molecule has 1 N–H and O–H groups in total. The molecule has 7 heteroatoms. The van der Waals surface area contributed by atoms with E-state index in [0.717, 1.165) is 16.8 Å². The Morgan fingerprint density at radius 1 is 1.24 bits per heavy atom. The van der Waals surface area contributed by atoms with Gasteiger partial charge in [0.15, 0.2) is 0 Å². The fourth-order valence-corrected chi connectivity index (χ4v) is 3.17. The van der Waals surface area contributed by atoms with Gasteiger partial charge in [0.2, 0.25) is 0 Å². The van der Waals surface area contributed by atoms with E-state index >= 15 is 0 Å². The Labute approximate surface area is 143 Å². The SMILES string of the molecule is O=C(O)CCc1cc2n(n1)CCN(C(=O)c1coc3ccccc13)C2. The predicted octanol–water partition coefficient (Wildman–Crippen LogP) is 2.30. The van der Waals surface area contributed by atoms with E-state index in [4.69, 9.17) is 9.52 Å². The van der Waals surface area contributed by atoms with Gasteiger partial charge in [-0.2, -0.15) is 5.10 Å². The quantitative estimate of drug-likeness (QED) is 0.788. The second kappa shape index (κ2) is 6.08. The molecule has 1 aromatic carbocycles. The maximum absolute atomic E-state index is 12.9. The van der Waals surface area contributed by atoms with Crippen molar-refractivity contribution in [1.29, 1.82) is 0 Å². The lowest BCUT2D eigenvalue weighted by molar-refractivity contribution is -0.136. The van der Waals surface area contributed by atoms with Crippen molar-refractivity contribution < 1.29 is 19.1 Å². The number of amides is 1. The van der Waals surface area contributed by atoms with Crippen molar-refractivity contribution in [3.8, 4) is 0 Å². The summed E-state index contributed by atoms with van der Waals surface area (Å²) in [4.78, 5) is 25.3. The average molecular weight is 339 g/mol. The number of aryl methyl sites for hydroxylation is 1. The van der Waals surface area contributed by atoms with Crippen molar-refractivity contribution in [1.82, 2.24) is 14.7 Å². The molecule has 0 saturated heterocycles. The molecule has 3 heterocycles. The first-order chi connectivity index (χ1) is 12.1. The van der Waals surface area contributed by atoms with Gasteiger partial charge in [0.05, 0.1) is 36.5 Å². The minimum atomic E-state index is -0.838. The van der Waals surface area contributed by atoms with Crippen LogP contribution < -0.4 is 0 Å². The lowest BCUT2D eigenvalue weighted by Crippen LogP contribution is -2.38. The minimum Gasteiger partial charge on any atom is -0.481 e. The zero-order valence-corrected chi connectivity index (χ0v) is 13.5. The predicted molar refractivity (Wildman–Crippen MR) is 89.1 cm³/mol. The van der Waals surface area contributed by atoms with Gasteiger partial charge in [-0.1, -0.05) is 18.2 Å². The molecule has 0 aliphatic carbocycles. The van der Waals surface area contributed by atoms with Crippen LogP contribution in [-0.4, -0.2) is 38.2 Å². The van der Waals surface area contributed by atoms with E-state index in [1.54, 1.807) is 4.90 Å². The first kappa shape index (κ1) is 15.4. The molecule has 3 aromatic rings. The first-order valence-electron chi connectivity index (χ1n) is 8.15. The summed E-state index contributed by atoms with van der Waals surface area (Å²) in [7, 11) is 0. The molecule has 7 nitrogen and oxygen atoms in total. The van der Waals surface area contributed by atoms with Gasteiger partial charge in [0, 0.05) is 18.4 Å². The molecule has 1 aliphatic heterocycles. The minimum absolute atomic E-state index is 0.0557. The van der Waals surface area contributed by atoms with Crippen molar-refractivity contribution in [3.63, 3.8) is 0 Å². The maximum Gasteiger partial charge on any atom is 0.303 e. The standard InChI is InChI=1S/C18H17N3O4/c22-17(23)6-5-12-9-13-10-20(7-8-21(13)19-12)18(24)15-11-25-16-4-2-1-3-14(15)16/h1-4,9,11H,5-8,10H2,(H,22,23). The number of hydrogen-bond donors (Lipinski definition) is 1. The smallest absolute Gasteiger partial charge is 0.303 e. The Hall–Kier alpha value is -3.09. The molecule has 1 aliphatic rings. The molecular weight excluding hydrogens is 322 g/mol. The Kier molecular flexibility index (Phi) is 3.76. The Bertz CT molecular complexity index is 956. The van der Waals surface area contributed by atoms with Crippen LogP contribution in [0.3, 0.4) is 0 Å². The number of furan rings is 1. The number of para-hydroxylation sites is 1. The summed E-state index contributed by atoms with van der Waals surface area (Å²) in [5.74, 6) is -0.904. The molecule has 2 aromatic heterocycles. The number of nitrogens with zero attached hydrogens (tertiary/aromatic N) is 3. The summed E-state index contributed by atoms with van der Waals surface area (Å²) in [6.07, 6.45) is 1.97. The number of carboxylic acid groups (broad SMARTS) is 1. The van der Waals surface area contributed by atoms with Crippen LogP contribution in [0, 0.1) is 0 Å². The van der Waals surface area contributed by atoms with E-state index in [0.29, 0.717) is 37.2 Å². The summed E-state index contributed by atoms with van der Waals surface area (Å²) < 4.78 is 7.32. The molecular formula is C18H17N3O4. The molecule has 0 fully saturated rings. The summed E-state index contributed by atoms with van der Waals surface area (Å²) in [6, 6.07) is 9.36. The van der Waals surface area contributed by atoms with Crippen LogP contribution in [0.15, 0.2) is 41.0 Å². The van der Waals surface area contributed by atoms with E-state index in [1.807, 2.05) is 35.0 Å². The van der Waals surface area contributed by atoms with Crippen LogP contribution in [0.5, 0.6) is 0 Å². The molecule has 25 heavy (non-hydrogen) atoms. The van der Waals surface area contributed by atoms with Crippen LogP contribution in [0.1, 0.15) is 28.2 Å². The first-order valence-corrected chi connectivity index (χ1v) is 8.15. The fraction of sp³-hybridized carbons (Fsp3) is 0.278. The third-order valence-corrected chi connectivity index (χ3v) is 4.44. The number of hydrogen-bond acceptors (Lipinski definition) is 4. The van der Waals surface area contributed by atoms with Gasteiger partial charge in [-0.15, -0.1) is 0 Å². The molecule has 0 radical (unpaired) electrons. The van der Waals surface area contributed by atoms with Gasteiger partial charge in [-0.25, -0.2) is 0 Å². The van der Waals surface area contributed by atoms with Crippen LogP contribution in [0.25, 0.3) is 11.0 Å². The lowest BCUT2D eigenvalue weighted by atomic mass is 10.1. The summed E-state index contributed by atoms with van der Waals surface area (Å²) in [5, 5.41) is 14.0. The third-order valence-electron chi connectivity index (χ3n) is 4.44. The van der Waals surface area contributed by atoms with E-state index in [1.165, 1.54) is 6.26 Å². The van der Waals surface area contributed by atoms with Crippen LogP contribution in [0.4, 0.5) is 0 Å². The van der Waals surface area contributed by atoms with Crippen LogP contribution in [0.2, 0.25) is 0 Å². The number of fused-ring (bicyclic) bond motifs is 2. The zero-order valence-electron chi connectivity index (χ0n) is 13.5. The van der Waals surface area contributed by atoms with E-state index in [-0.39, 0.29) is 12.3 Å². The highest BCUT2D eigenvalue weighted by atomic mass is 16.4. The van der Waals surface area contributed by atoms with Crippen molar-refractivity contribution in [2.24, 2.45) is 0 Å². The largest absolute Gasteiger partial charge is 0.481 e. The van der Waals surface area contributed by atoms with Crippen molar-refractivity contribution in [3.05, 3.63) is 53.5 Å². The van der Waals surface area contributed by atoms with Crippen molar-refractivity contribution in [2.45, 2.75) is 25.9 Å². The highest BCUT2D eigenvalue weighted by Crippen LogP contribution is 2.24. The number of aliphatic carboxylic acids is 1. The second-order valence-electron chi connectivity index (χ2n) is 6.12. The number of benzene rings is 1. The maximum atomic E-state index is 12.9. The van der Waals surface area contributed by atoms with Gasteiger partial charge < -0.3 is 14.4 Å². The van der Waals surface area contributed by atoms with Gasteiger partial charge >= 0.3 is 5.97 Å². The summed E-state index contributed by atoms with van der Waals surface area (Å²) >= 11 is 0. The molecule has 0 spiro atoms. The number of carbonyl (C=O) groups excluding carboxylic acids is 1. The Morgan fingerprint density at radius 3 is 2.92 bits per heavy atom. The molecule has 128 valence electrons. The number of carbonyl (C=O) groups is 2. The van der Waals surface area contributed by atoms with Gasteiger partial charge in [0.25, 0.3) is 5.91 Å². The monoisotopic (exact) mass is 339 g/mol. The van der Waals surface area contributed by atoms with E-state index < -0.39 is 5.97 Å². The third kappa shape index (κ3) is 2.88. The number of carboxylic acids is 1. The molecule has 4 rings (SSSR count). The fourth-order valence-electron chi connectivity index (χ4n) is 3.17. The molecule has 0 saturated carbocycles. The zero-order chi connectivity index (χ0) is 17.4. The van der Waals surface area contributed by atoms with E-state index in [9.17, 15) is 9.59 Å². The topological polar surface area (TPSA) is 88.6 Å². The summed E-state index contributed by atoms with van der Waals surface area (Å²) in [6.45, 7) is 1.62. The number of rotatable bonds is 4. The molecule has 0 unspecified atom stereocenters. The van der Waals surface area contributed by atoms with E-state index in [2.05, 4.69) is 5.10 Å². The van der Waals surface area contributed by atoms with Crippen LogP contribution >= 0.6 is 0 Å². The molecule has 1 amide bonds. The molecule has 0 atom stereocenters. The number of aromatic nitrogens is 2. The van der Waals surface area contributed by atoms with Crippen molar-refractivity contribution >= 4 is 22.8 Å². The van der Waals surface area contributed by atoms with Crippen LogP contribution in [-0.2, 0) is 24.3 Å². The van der Waals surface area contributed by atoms with Gasteiger partial charge in [-0.05, 0) is 12.1 Å². The second-order valence-corrected chi connectivity index (χ2v) is 6.12. The summed E-state index contributed by atoms with van der Waals surface area (Å²) in [5.41, 5.74) is 2.94. The van der Waals surface area contributed by atoms with Gasteiger partial charge in [-0.3, -0.25) is 14.3 Å². The normalized spacial score (nSPS) is 13.8.